The summed E-state index contributed by atoms with van der Waals surface area (Å²) >= 11 is 0. The van der Waals surface area contributed by atoms with Crippen LogP contribution in [0.5, 0.6) is 5.75 Å². The van der Waals surface area contributed by atoms with Gasteiger partial charge >= 0.3 is 0 Å². The molecule has 1 aromatic heterocycles. The van der Waals surface area contributed by atoms with Crippen molar-refractivity contribution in [3.8, 4) is 11.8 Å². The Morgan fingerprint density at radius 1 is 1.16 bits per heavy atom. The summed E-state index contributed by atoms with van der Waals surface area (Å²) in [5.74, 6) is 2.11. The van der Waals surface area contributed by atoms with Gasteiger partial charge in [-0.25, -0.2) is 4.98 Å². The van der Waals surface area contributed by atoms with Crippen LogP contribution in [0.15, 0.2) is 24.3 Å². The smallest absolute Gasteiger partial charge is 0.151 e. The van der Waals surface area contributed by atoms with E-state index in [0.717, 1.165) is 67.8 Å². The maximum Gasteiger partial charge on any atom is 0.151 e. The Kier molecular flexibility index (Phi) is 6.80. The molecule has 8 heteroatoms. The first-order valence-electron chi connectivity index (χ1n) is 11.0. The number of hydrogen-bond donors (Lipinski definition) is 2. The standard InChI is InChI=1S/C24H31N5O3/c1-24(2)14-19-20(15-25)23(27-17-4-6-18(30-3)7-5-17)28-22(21(19)16-32-24)26-8-9-29-10-12-31-13-11-29/h4-7H,8-14,16H2,1-3H3,(H2,26,27,28). The molecule has 0 radical (unpaired) electrons. The largest absolute Gasteiger partial charge is 0.497 e. The fraction of sp³-hybridized carbons (Fsp3) is 0.500. The summed E-state index contributed by atoms with van der Waals surface area (Å²) in [6, 6.07) is 9.98. The molecule has 32 heavy (non-hydrogen) atoms. The maximum atomic E-state index is 10.0. The summed E-state index contributed by atoms with van der Waals surface area (Å²) < 4.78 is 16.7. The first-order chi connectivity index (χ1) is 15.5. The highest BCUT2D eigenvalue weighted by atomic mass is 16.5. The number of pyridine rings is 1. The molecule has 8 nitrogen and oxygen atoms in total. The van der Waals surface area contributed by atoms with E-state index in [1.165, 1.54) is 0 Å². The average molecular weight is 438 g/mol. The first kappa shape index (κ1) is 22.3. The van der Waals surface area contributed by atoms with Gasteiger partial charge in [-0.1, -0.05) is 0 Å². The lowest BCUT2D eigenvalue weighted by molar-refractivity contribution is -0.0399. The van der Waals surface area contributed by atoms with E-state index in [4.69, 9.17) is 19.2 Å². The van der Waals surface area contributed by atoms with Gasteiger partial charge in [0.25, 0.3) is 0 Å². The Morgan fingerprint density at radius 2 is 1.91 bits per heavy atom. The van der Waals surface area contributed by atoms with Crippen molar-refractivity contribution in [1.82, 2.24) is 9.88 Å². The molecule has 0 aliphatic carbocycles. The van der Waals surface area contributed by atoms with Gasteiger partial charge in [0.1, 0.15) is 17.6 Å². The molecule has 0 saturated carbocycles. The topological polar surface area (TPSA) is 91.7 Å². The highest BCUT2D eigenvalue weighted by Crippen LogP contribution is 2.37. The molecule has 0 amide bonds. The molecule has 0 atom stereocenters. The van der Waals surface area contributed by atoms with Crippen LogP contribution in [0.25, 0.3) is 0 Å². The molecule has 2 aromatic rings. The molecule has 170 valence electrons. The zero-order valence-electron chi connectivity index (χ0n) is 19.0. The molecule has 0 unspecified atom stereocenters. The zero-order valence-corrected chi connectivity index (χ0v) is 19.0. The van der Waals surface area contributed by atoms with Crippen LogP contribution in [0, 0.1) is 11.3 Å². The number of rotatable bonds is 7. The second-order valence-corrected chi connectivity index (χ2v) is 8.71. The summed E-state index contributed by atoms with van der Waals surface area (Å²) in [5.41, 5.74) is 3.07. The van der Waals surface area contributed by atoms with Crippen LogP contribution < -0.4 is 15.4 Å². The van der Waals surface area contributed by atoms with E-state index in [2.05, 4.69) is 35.5 Å². The predicted molar refractivity (Wildman–Crippen MR) is 124 cm³/mol. The van der Waals surface area contributed by atoms with Gasteiger partial charge in [-0.2, -0.15) is 5.26 Å². The number of nitrogens with zero attached hydrogens (tertiary/aromatic N) is 3. The SMILES string of the molecule is COc1ccc(Nc2nc(NCCN3CCOCC3)c3c(c2C#N)CC(C)(C)OC3)cc1. The molecule has 1 fully saturated rings. The van der Waals surface area contributed by atoms with Gasteiger partial charge in [-0.05, 0) is 43.7 Å². The van der Waals surface area contributed by atoms with Gasteiger partial charge in [-0.3, -0.25) is 4.90 Å². The van der Waals surface area contributed by atoms with E-state index in [1.807, 2.05) is 24.3 Å². The minimum Gasteiger partial charge on any atom is -0.497 e. The van der Waals surface area contributed by atoms with Crippen LogP contribution in [0.1, 0.15) is 30.5 Å². The van der Waals surface area contributed by atoms with Gasteiger partial charge < -0.3 is 24.8 Å². The van der Waals surface area contributed by atoms with E-state index in [-0.39, 0.29) is 5.60 Å². The number of ether oxygens (including phenoxy) is 3. The van der Waals surface area contributed by atoms with Crippen LogP contribution in [0.3, 0.4) is 0 Å². The van der Waals surface area contributed by atoms with Crippen molar-refractivity contribution in [3.05, 3.63) is 41.0 Å². The van der Waals surface area contributed by atoms with Gasteiger partial charge in [0.05, 0.1) is 38.1 Å². The number of fused-ring (bicyclic) bond motifs is 1. The van der Waals surface area contributed by atoms with Crippen molar-refractivity contribution in [2.24, 2.45) is 0 Å². The first-order valence-corrected chi connectivity index (χ1v) is 11.0. The summed E-state index contributed by atoms with van der Waals surface area (Å²) in [7, 11) is 1.64. The van der Waals surface area contributed by atoms with Crippen LogP contribution in [0.4, 0.5) is 17.3 Å². The Morgan fingerprint density at radius 3 is 2.59 bits per heavy atom. The third kappa shape index (κ3) is 5.13. The second kappa shape index (κ2) is 9.74. The Bertz CT molecular complexity index is 979. The number of methoxy groups -OCH3 is 1. The highest BCUT2D eigenvalue weighted by molar-refractivity contribution is 5.70. The lowest BCUT2D eigenvalue weighted by Crippen LogP contribution is -2.39. The number of aromatic nitrogens is 1. The van der Waals surface area contributed by atoms with Crippen molar-refractivity contribution < 1.29 is 14.2 Å². The molecular formula is C24H31N5O3. The minimum absolute atomic E-state index is 0.331. The summed E-state index contributed by atoms with van der Waals surface area (Å²) in [5, 5.41) is 16.8. The molecule has 1 saturated heterocycles. The van der Waals surface area contributed by atoms with Crippen molar-refractivity contribution in [3.63, 3.8) is 0 Å². The molecular weight excluding hydrogens is 406 g/mol. The van der Waals surface area contributed by atoms with Crippen LogP contribution in [-0.2, 0) is 22.5 Å². The number of hydrogen-bond acceptors (Lipinski definition) is 8. The van der Waals surface area contributed by atoms with E-state index >= 15 is 0 Å². The third-order valence-electron chi connectivity index (χ3n) is 5.91. The number of benzene rings is 1. The van der Waals surface area contributed by atoms with E-state index in [9.17, 15) is 5.26 Å². The molecule has 2 aliphatic rings. The van der Waals surface area contributed by atoms with Crippen molar-refractivity contribution in [2.75, 3.05) is 57.1 Å². The van der Waals surface area contributed by atoms with Gasteiger partial charge in [-0.15, -0.1) is 0 Å². The number of nitriles is 1. The van der Waals surface area contributed by atoms with Gasteiger partial charge in [0.15, 0.2) is 5.82 Å². The van der Waals surface area contributed by atoms with Crippen LogP contribution in [0.2, 0.25) is 0 Å². The summed E-state index contributed by atoms with van der Waals surface area (Å²) in [6.45, 7) is 9.67. The average Bonchev–Trinajstić information content (AvgIpc) is 2.79. The molecule has 0 bridgehead atoms. The molecule has 2 aliphatic heterocycles. The fourth-order valence-electron chi connectivity index (χ4n) is 4.09. The summed E-state index contributed by atoms with van der Waals surface area (Å²) in [6.07, 6.45) is 0.656. The Balaban J connectivity index is 1.62. The molecule has 1 aromatic carbocycles. The van der Waals surface area contributed by atoms with Crippen molar-refractivity contribution in [1.29, 1.82) is 5.26 Å². The van der Waals surface area contributed by atoms with Gasteiger partial charge in [0.2, 0.25) is 0 Å². The Labute approximate surface area is 189 Å². The minimum atomic E-state index is -0.331. The number of morpholine rings is 1. The van der Waals surface area contributed by atoms with Crippen LogP contribution >= 0.6 is 0 Å². The molecule has 4 rings (SSSR count). The van der Waals surface area contributed by atoms with E-state index in [0.29, 0.717) is 24.4 Å². The number of nitrogens with one attached hydrogen (secondary N) is 2. The van der Waals surface area contributed by atoms with Crippen molar-refractivity contribution >= 4 is 17.3 Å². The molecule has 0 spiro atoms. The quantitative estimate of drug-likeness (QED) is 0.682. The Hall–Kier alpha value is -2.86. The van der Waals surface area contributed by atoms with E-state index < -0.39 is 0 Å². The van der Waals surface area contributed by atoms with E-state index in [1.54, 1.807) is 7.11 Å². The fourth-order valence-corrected chi connectivity index (χ4v) is 4.09. The predicted octanol–water partition coefficient (Wildman–Crippen LogP) is 3.30. The third-order valence-corrected chi connectivity index (χ3v) is 5.91. The lowest BCUT2D eigenvalue weighted by Gasteiger charge is -2.34. The van der Waals surface area contributed by atoms with Crippen LogP contribution in [-0.4, -0.2) is 62.0 Å². The second-order valence-electron chi connectivity index (χ2n) is 8.71. The summed E-state index contributed by atoms with van der Waals surface area (Å²) in [4.78, 5) is 7.20. The zero-order chi connectivity index (χ0) is 22.6. The maximum absolute atomic E-state index is 10.0. The monoisotopic (exact) mass is 437 g/mol. The normalized spacial score (nSPS) is 17.8. The highest BCUT2D eigenvalue weighted by Gasteiger charge is 2.32. The van der Waals surface area contributed by atoms with Crippen molar-refractivity contribution in [2.45, 2.75) is 32.5 Å². The van der Waals surface area contributed by atoms with Gasteiger partial charge in [0, 0.05) is 43.9 Å². The number of anilines is 3. The molecule has 3 heterocycles. The lowest BCUT2D eigenvalue weighted by atomic mass is 9.89. The molecule has 2 N–H and O–H groups in total.